The van der Waals surface area contributed by atoms with E-state index in [0.717, 1.165) is 0 Å². The van der Waals surface area contributed by atoms with Crippen LogP contribution in [-0.2, 0) is 9.59 Å². The van der Waals surface area contributed by atoms with Crippen molar-refractivity contribution in [2.45, 2.75) is 19.9 Å². The first-order chi connectivity index (χ1) is 8.06. The molecule has 0 aliphatic carbocycles. The minimum absolute atomic E-state index is 0.323. The number of nitrogens with zero attached hydrogens (tertiary/aromatic N) is 2. The molecule has 0 bridgehead atoms. The monoisotopic (exact) mass is 234 g/mol. The van der Waals surface area contributed by atoms with Crippen molar-refractivity contribution in [3.63, 3.8) is 0 Å². The summed E-state index contributed by atoms with van der Waals surface area (Å²) in [6.45, 7) is 2.63. The Balaban J connectivity index is 2.96. The van der Waals surface area contributed by atoms with Gasteiger partial charge in [0.2, 0.25) is 0 Å². The van der Waals surface area contributed by atoms with Gasteiger partial charge in [0.1, 0.15) is 11.4 Å². The Hall–Kier alpha value is -2.04. The molecular formula is C12H14N2O3. The first-order valence-corrected chi connectivity index (χ1v) is 5.11. The number of ether oxygens (including phenoxy) is 1. The molecule has 90 valence electrons. The third kappa shape index (κ3) is 3.48. The third-order valence-corrected chi connectivity index (χ3v) is 2.14. The van der Waals surface area contributed by atoms with Crippen LogP contribution in [0.4, 0.5) is 5.69 Å². The molecule has 1 rings (SSSR count). The maximum atomic E-state index is 11.2. The van der Waals surface area contributed by atoms with Gasteiger partial charge in [0.15, 0.2) is 17.6 Å². The highest BCUT2D eigenvalue weighted by Gasteiger charge is 2.18. The predicted molar refractivity (Wildman–Crippen MR) is 62.7 cm³/mol. The van der Waals surface area contributed by atoms with Crippen molar-refractivity contribution in [1.29, 1.82) is 0 Å². The molecule has 0 N–H and O–H groups in total. The minimum atomic E-state index is -1.03. The van der Waals surface area contributed by atoms with Crippen LogP contribution in [0.25, 0.3) is 0 Å². The molecule has 1 aromatic carbocycles. The van der Waals surface area contributed by atoms with Gasteiger partial charge in [-0.3, -0.25) is 9.59 Å². The lowest BCUT2D eigenvalue weighted by atomic mass is 10.1. The Labute approximate surface area is 99.5 Å². The fourth-order valence-electron chi connectivity index (χ4n) is 1.28. The summed E-state index contributed by atoms with van der Waals surface area (Å²) in [6, 6.07) is 5.96. The zero-order valence-corrected chi connectivity index (χ0v) is 10.0. The summed E-state index contributed by atoms with van der Waals surface area (Å²) in [6.07, 6.45) is 0. The van der Waals surface area contributed by atoms with Crippen LogP contribution < -0.4 is 4.74 Å². The van der Waals surface area contributed by atoms with Gasteiger partial charge >= 0.3 is 0 Å². The molecule has 5 nitrogen and oxygen atoms in total. The van der Waals surface area contributed by atoms with E-state index < -0.39 is 6.04 Å². The predicted octanol–water partition coefficient (Wildman–Crippen LogP) is 2.33. The SMILES string of the molecule is COc1ccccc1N=NC(C(C)=O)C(C)=O. The number of ketones is 2. The smallest absolute Gasteiger partial charge is 0.187 e. The summed E-state index contributed by atoms with van der Waals surface area (Å²) in [5, 5.41) is 7.63. The quantitative estimate of drug-likeness (QED) is 0.580. The molecule has 0 amide bonds. The number of methoxy groups -OCH3 is 1. The van der Waals surface area contributed by atoms with E-state index in [9.17, 15) is 9.59 Å². The molecule has 0 radical (unpaired) electrons. The van der Waals surface area contributed by atoms with Gasteiger partial charge in [0, 0.05) is 0 Å². The fraction of sp³-hybridized carbons (Fsp3) is 0.333. The normalized spacial score (nSPS) is 10.8. The van der Waals surface area contributed by atoms with E-state index in [0.29, 0.717) is 11.4 Å². The number of Topliss-reactive ketones (excluding diaryl/α,β-unsaturated/α-hetero) is 2. The molecule has 0 aliphatic heterocycles. The number of hydrogen-bond acceptors (Lipinski definition) is 5. The highest BCUT2D eigenvalue weighted by atomic mass is 16.5. The van der Waals surface area contributed by atoms with Gasteiger partial charge in [-0.2, -0.15) is 10.2 Å². The highest BCUT2D eigenvalue weighted by Crippen LogP contribution is 2.26. The number of carbonyl (C=O) groups is 2. The third-order valence-electron chi connectivity index (χ3n) is 2.14. The summed E-state index contributed by atoms with van der Waals surface area (Å²) in [7, 11) is 1.52. The van der Waals surface area contributed by atoms with E-state index in [1.54, 1.807) is 24.3 Å². The van der Waals surface area contributed by atoms with Gasteiger partial charge in [-0.25, -0.2) is 0 Å². The second-order valence-corrected chi connectivity index (χ2v) is 3.51. The zero-order valence-electron chi connectivity index (χ0n) is 10.0. The van der Waals surface area contributed by atoms with Crippen molar-refractivity contribution in [2.75, 3.05) is 7.11 Å². The standard InChI is InChI=1S/C12H14N2O3/c1-8(15)12(9(2)16)14-13-10-6-4-5-7-11(10)17-3/h4-7,12H,1-3H3. The molecule has 5 heteroatoms. The van der Waals surface area contributed by atoms with E-state index in [2.05, 4.69) is 10.2 Å². The van der Waals surface area contributed by atoms with Crippen molar-refractivity contribution in [1.82, 2.24) is 0 Å². The summed E-state index contributed by atoms with van der Waals surface area (Å²) < 4.78 is 5.07. The minimum Gasteiger partial charge on any atom is -0.494 e. The van der Waals surface area contributed by atoms with Crippen LogP contribution in [0.3, 0.4) is 0 Å². The van der Waals surface area contributed by atoms with E-state index >= 15 is 0 Å². The van der Waals surface area contributed by atoms with Gasteiger partial charge in [-0.1, -0.05) is 12.1 Å². The molecule has 17 heavy (non-hydrogen) atoms. The molecular weight excluding hydrogens is 220 g/mol. The zero-order chi connectivity index (χ0) is 12.8. The van der Waals surface area contributed by atoms with Crippen molar-refractivity contribution < 1.29 is 14.3 Å². The molecule has 0 unspecified atom stereocenters. The molecule has 0 saturated carbocycles. The van der Waals surface area contributed by atoms with Crippen LogP contribution in [-0.4, -0.2) is 24.7 Å². The Morgan fingerprint density at radius 2 is 1.76 bits per heavy atom. The van der Waals surface area contributed by atoms with Crippen LogP contribution in [0, 0.1) is 0 Å². The average molecular weight is 234 g/mol. The molecule has 0 saturated heterocycles. The number of hydrogen-bond donors (Lipinski definition) is 0. The Morgan fingerprint density at radius 1 is 1.18 bits per heavy atom. The van der Waals surface area contributed by atoms with Crippen LogP contribution in [0.1, 0.15) is 13.8 Å². The summed E-state index contributed by atoms with van der Waals surface area (Å²) in [5.74, 6) is -0.102. The number of para-hydroxylation sites is 1. The molecule has 0 heterocycles. The van der Waals surface area contributed by atoms with Gasteiger partial charge in [0.05, 0.1) is 7.11 Å². The highest BCUT2D eigenvalue weighted by molar-refractivity contribution is 6.04. The van der Waals surface area contributed by atoms with E-state index in [1.165, 1.54) is 21.0 Å². The van der Waals surface area contributed by atoms with E-state index in [1.807, 2.05) is 0 Å². The van der Waals surface area contributed by atoms with Gasteiger partial charge in [-0.15, -0.1) is 0 Å². The van der Waals surface area contributed by atoms with Crippen LogP contribution in [0.5, 0.6) is 5.75 Å². The topological polar surface area (TPSA) is 68.1 Å². The molecule has 0 spiro atoms. The maximum absolute atomic E-state index is 11.2. The first kappa shape index (κ1) is 13.0. The van der Waals surface area contributed by atoms with Gasteiger partial charge in [-0.05, 0) is 26.0 Å². The molecule has 1 aromatic rings. The number of rotatable bonds is 5. The van der Waals surface area contributed by atoms with Gasteiger partial charge < -0.3 is 4.74 Å². The lowest BCUT2D eigenvalue weighted by Crippen LogP contribution is -2.23. The molecule has 0 atom stereocenters. The lowest BCUT2D eigenvalue weighted by molar-refractivity contribution is -0.126. The Bertz CT molecular complexity index is 441. The van der Waals surface area contributed by atoms with Crippen molar-refractivity contribution in [2.24, 2.45) is 10.2 Å². The van der Waals surface area contributed by atoms with Crippen LogP contribution in [0.15, 0.2) is 34.5 Å². The van der Waals surface area contributed by atoms with E-state index in [4.69, 9.17) is 4.74 Å². The fourth-order valence-corrected chi connectivity index (χ4v) is 1.28. The lowest BCUT2D eigenvalue weighted by Gasteiger charge is -2.04. The maximum Gasteiger partial charge on any atom is 0.187 e. The molecule has 0 fully saturated rings. The Morgan fingerprint density at radius 3 is 2.29 bits per heavy atom. The summed E-state index contributed by atoms with van der Waals surface area (Å²) in [5.41, 5.74) is 0.488. The Kier molecular flexibility index (Phi) is 4.51. The number of carbonyl (C=O) groups excluding carboxylic acids is 2. The first-order valence-electron chi connectivity index (χ1n) is 5.11. The average Bonchev–Trinajstić information content (AvgIpc) is 2.29. The number of azo groups is 1. The molecule has 0 aliphatic rings. The van der Waals surface area contributed by atoms with Crippen molar-refractivity contribution in [3.05, 3.63) is 24.3 Å². The number of benzene rings is 1. The largest absolute Gasteiger partial charge is 0.494 e. The second-order valence-electron chi connectivity index (χ2n) is 3.51. The van der Waals surface area contributed by atoms with Gasteiger partial charge in [0.25, 0.3) is 0 Å². The summed E-state index contributed by atoms with van der Waals surface area (Å²) >= 11 is 0. The van der Waals surface area contributed by atoms with Crippen molar-refractivity contribution >= 4 is 17.3 Å². The van der Waals surface area contributed by atoms with Crippen LogP contribution in [0.2, 0.25) is 0 Å². The molecule has 0 aromatic heterocycles. The van der Waals surface area contributed by atoms with Crippen molar-refractivity contribution in [3.8, 4) is 5.75 Å². The second kappa shape index (κ2) is 5.89. The van der Waals surface area contributed by atoms with Crippen LogP contribution >= 0.6 is 0 Å². The van der Waals surface area contributed by atoms with E-state index in [-0.39, 0.29) is 11.6 Å². The summed E-state index contributed by atoms with van der Waals surface area (Å²) in [4.78, 5) is 22.3.